The highest BCUT2D eigenvalue weighted by Crippen LogP contribution is 2.43. The van der Waals surface area contributed by atoms with Crippen LogP contribution in [0.15, 0.2) is 23.1 Å². The number of benzene rings is 1. The summed E-state index contributed by atoms with van der Waals surface area (Å²) in [5.41, 5.74) is 1.70. The second kappa shape index (κ2) is 9.19. The van der Waals surface area contributed by atoms with E-state index in [0.29, 0.717) is 38.3 Å². The molecule has 29 heavy (non-hydrogen) atoms. The summed E-state index contributed by atoms with van der Waals surface area (Å²) >= 11 is 0. The van der Waals surface area contributed by atoms with Crippen LogP contribution in [0.4, 0.5) is 5.69 Å². The Morgan fingerprint density at radius 1 is 1.10 bits per heavy atom. The number of hydrogen-bond acceptors (Lipinski definition) is 6. The molecule has 2 N–H and O–H groups in total. The minimum Gasteiger partial charge on any atom is -0.382 e. The summed E-state index contributed by atoms with van der Waals surface area (Å²) in [7, 11) is -6.89. The smallest absolute Gasteiger partial charge is 0.294 e. The van der Waals surface area contributed by atoms with E-state index in [0.717, 1.165) is 11.4 Å². The molecular formula is C18H28NO8S2+. The van der Waals surface area contributed by atoms with Crippen LogP contribution in [-0.2, 0) is 35.1 Å². The van der Waals surface area contributed by atoms with Crippen molar-refractivity contribution in [2.45, 2.75) is 37.0 Å². The predicted molar refractivity (Wildman–Crippen MR) is 107 cm³/mol. The average molecular weight is 451 g/mol. The molecule has 0 radical (unpaired) electrons. The first-order valence-electron chi connectivity index (χ1n) is 9.15. The van der Waals surface area contributed by atoms with Crippen molar-refractivity contribution in [1.29, 1.82) is 0 Å². The van der Waals surface area contributed by atoms with Crippen molar-refractivity contribution in [2.24, 2.45) is 0 Å². The molecule has 1 unspecified atom stereocenters. The third-order valence-electron chi connectivity index (χ3n) is 5.32. The number of rotatable bonds is 11. The zero-order valence-electron chi connectivity index (χ0n) is 16.8. The fourth-order valence-electron chi connectivity index (χ4n) is 3.64. The lowest BCUT2D eigenvalue weighted by molar-refractivity contribution is -0.443. The van der Waals surface area contributed by atoms with E-state index in [4.69, 9.17) is 14.0 Å². The molecule has 0 saturated carbocycles. The van der Waals surface area contributed by atoms with Crippen LogP contribution < -0.4 is 0 Å². The Labute approximate surface area is 171 Å². The topological polar surface area (TPSA) is 130 Å². The maximum Gasteiger partial charge on any atom is 0.294 e. The first-order valence-corrected chi connectivity index (χ1v) is 12.2. The molecule has 0 amide bonds. The molecule has 0 bridgehead atoms. The summed E-state index contributed by atoms with van der Waals surface area (Å²) in [6.45, 7) is 5.65. The van der Waals surface area contributed by atoms with Crippen molar-refractivity contribution >= 4 is 31.6 Å². The van der Waals surface area contributed by atoms with Gasteiger partial charge in [-0.2, -0.15) is 21.4 Å². The third-order valence-corrected chi connectivity index (χ3v) is 6.98. The number of nitrogens with zero attached hydrogens (tertiary/aromatic N) is 1. The molecule has 0 spiro atoms. The van der Waals surface area contributed by atoms with Gasteiger partial charge in [-0.15, -0.1) is 0 Å². The van der Waals surface area contributed by atoms with Gasteiger partial charge in [-0.25, -0.2) is 0 Å². The van der Waals surface area contributed by atoms with Gasteiger partial charge in [0.15, 0.2) is 12.3 Å². The summed E-state index contributed by atoms with van der Waals surface area (Å²) < 4.78 is 76.4. The standard InChI is InChI=1S/C18H27NO8S2/c1-14-18(2,7-4-12-28(20,21)22)16-13-15(29(23,24)25)5-6-17(16)19(14)8-9-27-11-10-26-3/h5-6,13H,4,7-12H2,1-3H3,(H-,20,21,22,23,24,25)/p+1. The quantitative estimate of drug-likeness (QED) is 0.296. The summed E-state index contributed by atoms with van der Waals surface area (Å²) in [6.07, 6.45) is 0.571. The van der Waals surface area contributed by atoms with Crippen molar-refractivity contribution in [3.63, 3.8) is 0 Å². The van der Waals surface area contributed by atoms with Crippen molar-refractivity contribution < 1.29 is 40.0 Å². The van der Waals surface area contributed by atoms with Gasteiger partial charge in [0, 0.05) is 25.7 Å². The fraction of sp³-hybridized carbons (Fsp3) is 0.611. The van der Waals surface area contributed by atoms with Crippen molar-refractivity contribution in [3.05, 3.63) is 23.8 Å². The molecule has 9 nitrogen and oxygen atoms in total. The van der Waals surface area contributed by atoms with E-state index < -0.39 is 25.7 Å². The minimum absolute atomic E-state index is 0.195. The highest BCUT2D eigenvalue weighted by atomic mass is 32.2. The van der Waals surface area contributed by atoms with Crippen LogP contribution >= 0.6 is 0 Å². The lowest BCUT2D eigenvalue weighted by Crippen LogP contribution is -2.31. The molecule has 1 aromatic carbocycles. The summed E-state index contributed by atoms with van der Waals surface area (Å²) in [5.74, 6) is -0.386. The van der Waals surface area contributed by atoms with Gasteiger partial charge in [-0.05, 0) is 31.9 Å². The number of hydrogen-bond donors (Lipinski definition) is 2. The Morgan fingerprint density at radius 2 is 1.79 bits per heavy atom. The van der Waals surface area contributed by atoms with E-state index in [-0.39, 0.29) is 17.1 Å². The molecule has 11 heteroatoms. The second-order valence-corrected chi connectivity index (χ2v) is 10.2. The number of ether oxygens (including phenoxy) is 2. The monoisotopic (exact) mass is 450 g/mol. The Bertz CT molecular complexity index is 985. The molecule has 0 fully saturated rings. The van der Waals surface area contributed by atoms with Gasteiger partial charge in [0.25, 0.3) is 20.2 Å². The molecular weight excluding hydrogens is 422 g/mol. The van der Waals surface area contributed by atoms with Gasteiger partial charge >= 0.3 is 0 Å². The molecule has 1 aliphatic heterocycles. The highest BCUT2D eigenvalue weighted by molar-refractivity contribution is 7.86. The molecule has 1 aliphatic rings. The average Bonchev–Trinajstić information content (AvgIpc) is 2.81. The van der Waals surface area contributed by atoms with E-state index >= 15 is 0 Å². The fourth-order valence-corrected chi connectivity index (χ4v) is 4.65. The Balaban J connectivity index is 2.37. The normalized spacial score (nSPS) is 19.6. The van der Waals surface area contributed by atoms with Gasteiger partial charge in [0.05, 0.1) is 29.3 Å². The molecule has 2 rings (SSSR count). The Hall–Kier alpha value is -1.37. The van der Waals surface area contributed by atoms with E-state index in [1.54, 1.807) is 13.2 Å². The number of methoxy groups -OCH3 is 1. The van der Waals surface area contributed by atoms with Gasteiger partial charge in [-0.3, -0.25) is 9.11 Å². The van der Waals surface area contributed by atoms with Crippen molar-refractivity contribution in [2.75, 3.05) is 39.2 Å². The van der Waals surface area contributed by atoms with E-state index in [2.05, 4.69) is 0 Å². The van der Waals surface area contributed by atoms with Crippen LogP contribution in [-0.4, -0.2) is 75.5 Å². The van der Waals surface area contributed by atoms with Crippen LogP contribution in [0.3, 0.4) is 0 Å². The summed E-state index contributed by atoms with van der Waals surface area (Å²) in [5, 5.41) is 0. The summed E-state index contributed by atoms with van der Waals surface area (Å²) in [4.78, 5) is -0.219. The van der Waals surface area contributed by atoms with Gasteiger partial charge in [0.2, 0.25) is 5.69 Å². The van der Waals surface area contributed by atoms with E-state index in [1.807, 2.05) is 18.4 Å². The number of fused-ring (bicyclic) bond motifs is 1. The second-order valence-electron chi connectivity index (χ2n) is 7.22. The van der Waals surface area contributed by atoms with Gasteiger partial charge in [0.1, 0.15) is 6.61 Å². The molecule has 0 aromatic heterocycles. The van der Waals surface area contributed by atoms with E-state index in [1.165, 1.54) is 12.1 Å². The van der Waals surface area contributed by atoms with Crippen LogP contribution in [0.5, 0.6) is 0 Å². The predicted octanol–water partition coefficient (Wildman–Crippen LogP) is 1.64. The van der Waals surface area contributed by atoms with E-state index in [9.17, 15) is 21.4 Å². The Kier molecular flexibility index (Phi) is 7.57. The SMILES string of the molecule is COCCOCC[N+]1=C(C)C(C)(CCCS(=O)(=O)O)c2cc(S(=O)(=O)O)ccc21. The van der Waals surface area contributed by atoms with Gasteiger partial charge in [-0.1, -0.05) is 0 Å². The third kappa shape index (κ3) is 5.83. The van der Waals surface area contributed by atoms with Crippen LogP contribution in [0.1, 0.15) is 32.3 Å². The maximum absolute atomic E-state index is 11.6. The maximum atomic E-state index is 11.6. The van der Waals surface area contributed by atoms with Crippen molar-refractivity contribution in [3.8, 4) is 0 Å². The highest BCUT2D eigenvalue weighted by Gasteiger charge is 2.46. The Morgan fingerprint density at radius 3 is 2.38 bits per heavy atom. The molecule has 1 atom stereocenters. The first-order chi connectivity index (χ1) is 13.4. The lowest BCUT2D eigenvalue weighted by atomic mass is 9.76. The largest absolute Gasteiger partial charge is 0.382 e. The van der Waals surface area contributed by atoms with Crippen LogP contribution in [0, 0.1) is 0 Å². The molecule has 0 saturated heterocycles. The first kappa shape index (κ1) is 23.9. The van der Waals surface area contributed by atoms with Crippen molar-refractivity contribution in [1.82, 2.24) is 0 Å². The molecule has 1 heterocycles. The zero-order valence-corrected chi connectivity index (χ0v) is 18.4. The zero-order chi connectivity index (χ0) is 21.9. The lowest BCUT2D eigenvalue weighted by Gasteiger charge is -2.22. The molecule has 1 aromatic rings. The minimum atomic E-state index is -4.38. The molecule has 0 aliphatic carbocycles. The van der Waals surface area contributed by atoms with Crippen LogP contribution in [0.2, 0.25) is 0 Å². The molecule has 164 valence electrons. The summed E-state index contributed by atoms with van der Waals surface area (Å²) in [6, 6.07) is 4.39. The van der Waals surface area contributed by atoms with Crippen LogP contribution in [0.25, 0.3) is 0 Å². The van der Waals surface area contributed by atoms with Gasteiger partial charge < -0.3 is 9.47 Å².